The second-order valence-corrected chi connectivity index (χ2v) is 32.4. The molecule has 0 aliphatic carbocycles. The number of quaternary nitrogens is 1. The average Bonchev–Trinajstić information content (AvgIpc) is 1.41. The van der Waals surface area contributed by atoms with Crippen LogP contribution in [-0.4, -0.2) is 74.9 Å². The van der Waals surface area contributed by atoms with E-state index < -0.39 is 26.5 Å². The Hall–Kier alpha value is -1.77. The van der Waals surface area contributed by atoms with Crippen molar-refractivity contribution in [3.8, 4) is 0 Å². The third-order valence-corrected chi connectivity index (χ3v) is 20.9. The predicted molar refractivity (Wildman–Crippen MR) is 423 cm³/mol. The molecule has 0 saturated heterocycles. The van der Waals surface area contributed by atoms with Gasteiger partial charge in [-0.3, -0.25) is 18.6 Å². The minimum absolute atomic E-state index is 0.0357. The van der Waals surface area contributed by atoms with Crippen LogP contribution in [0.3, 0.4) is 0 Å². The molecular weight excluding hydrogens is 1220 g/mol. The first-order valence-corrected chi connectivity index (χ1v) is 44.7. The zero-order valence-corrected chi connectivity index (χ0v) is 66.8. The molecule has 10 heteroatoms. The van der Waals surface area contributed by atoms with Crippen LogP contribution in [0.25, 0.3) is 0 Å². The van der Waals surface area contributed by atoms with Crippen molar-refractivity contribution in [2.24, 2.45) is 0 Å². The second-order valence-electron chi connectivity index (χ2n) is 30.9. The number of likely N-dealkylation sites (N-methyl/N-ethyl adjacent to an activating group) is 1. The first kappa shape index (κ1) is 95.2. The van der Waals surface area contributed by atoms with E-state index in [1.807, 2.05) is 21.1 Å². The van der Waals surface area contributed by atoms with Crippen molar-refractivity contribution in [1.29, 1.82) is 0 Å². The number of rotatable bonds is 82. The number of hydrogen-bond acceptors (Lipinski definition) is 7. The van der Waals surface area contributed by atoms with E-state index in [4.69, 9.17) is 18.5 Å². The van der Waals surface area contributed by atoms with Crippen LogP contribution < -0.4 is 0 Å². The predicted octanol–water partition coefficient (Wildman–Crippen LogP) is 28.9. The maximum atomic E-state index is 12.9. The third-order valence-electron chi connectivity index (χ3n) is 19.9. The molecule has 0 fully saturated rings. The van der Waals surface area contributed by atoms with E-state index in [2.05, 4.69) is 50.3 Å². The molecule has 574 valence electrons. The molecule has 1 N–H and O–H groups in total. The summed E-state index contributed by atoms with van der Waals surface area (Å²) in [5, 5.41) is 0. The summed E-state index contributed by atoms with van der Waals surface area (Å²) in [6.45, 7) is 4.52. The molecule has 0 bridgehead atoms. The van der Waals surface area contributed by atoms with E-state index >= 15 is 0 Å². The Bertz CT molecular complexity index is 1730. The Morgan fingerprint density at radius 3 is 0.825 bits per heavy atom. The zero-order chi connectivity index (χ0) is 70.4. The number of phosphoric acid groups is 1. The van der Waals surface area contributed by atoms with Crippen LogP contribution in [0.15, 0.2) is 36.5 Å². The lowest BCUT2D eigenvalue weighted by Crippen LogP contribution is -2.37. The SMILES string of the molecule is CCCCCCC/C=C\C/C=C\C/C=C\CCCCCCCCCCCCCCCCCCCCCCCCC(=O)OC(COC(=O)CCCCCCCCCCCCCCCCCCCCCCCCCCCCCCCCCCCCCC)COP(=O)(O)OCC[N+](C)(C)C. The number of hydrogen-bond donors (Lipinski definition) is 1. The standard InChI is InChI=1S/C87H168NO8P/c1-6-8-10-12-14-16-18-20-22-24-26-28-30-32-34-36-38-40-42-44-46-48-50-52-54-56-58-60-62-64-66-68-70-72-74-76-78-80-87(90)96-85(84-95-97(91,92)94-82-81-88(3,4)5)83-93-86(89)79-77-75-73-71-69-67-65-63-61-59-57-55-53-51-49-47-45-43-41-39-37-35-33-31-29-27-25-23-21-19-17-15-13-11-9-7-2/h18,20,24,26,30,32,85H,6-17,19,21-23,25,27-29,31,33-84H2,1-5H3/p+1/b20-18-,26-24-,32-30-. The highest BCUT2D eigenvalue weighted by molar-refractivity contribution is 7.47. The van der Waals surface area contributed by atoms with E-state index in [0.29, 0.717) is 23.9 Å². The van der Waals surface area contributed by atoms with Crippen LogP contribution in [0.4, 0.5) is 0 Å². The minimum Gasteiger partial charge on any atom is -0.462 e. The van der Waals surface area contributed by atoms with Crippen molar-refractivity contribution in [3.05, 3.63) is 36.5 Å². The van der Waals surface area contributed by atoms with Gasteiger partial charge in [0.05, 0.1) is 27.7 Å². The quantitative estimate of drug-likeness (QED) is 0.0211. The first-order chi connectivity index (χ1) is 47.5. The van der Waals surface area contributed by atoms with Gasteiger partial charge in [0, 0.05) is 12.8 Å². The Labute approximate surface area is 605 Å². The average molecular weight is 1390 g/mol. The number of esters is 2. The molecule has 0 aliphatic rings. The van der Waals surface area contributed by atoms with Crippen LogP contribution in [0.1, 0.15) is 457 Å². The lowest BCUT2D eigenvalue weighted by Gasteiger charge is -2.24. The summed E-state index contributed by atoms with van der Waals surface area (Å²) in [7, 11) is 1.51. The highest BCUT2D eigenvalue weighted by Gasteiger charge is 2.27. The van der Waals surface area contributed by atoms with E-state index in [1.165, 1.54) is 379 Å². The van der Waals surface area contributed by atoms with Gasteiger partial charge in [-0.15, -0.1) is 0 Å². The van der Waals surface area contributed by atoms with Gasteiger partial charge < -0.3 is 18.9 Å². The Morgan fingerprint density at radius 1 is 0.320 bits per heavy atom. The maximum absolute atomic E-state index is 12.9. The van der Waals surface area contributed by atoms with Crippen molar-refractivity contribution in [2.75, 3.05) is 47.5 Å². The highest BCUT2D eigenvalue weighted by Crippen LogP contribution is 2.43. The summed E-state index contributed by atoms with van der Waals surface area (Å²) >= 11 is 0. The lowest BCUT2D eigenvalue weighted by atomic mass is 10.0. The fraction of sp³-hybridized carbons (Fsp3) is 0.908. The molecule has 0 aliphatic heterocycles. The largest absolute Gasteiger partial charge is 0.472 e. The molecule has 0 amide bonds. The third kappa shape index (κ3) is 83.1. The highest BCUT2D eigenvalue weighted by atomic mass is 31.2. The van der Waals surface area contributed by atoms with Crippen LogP contribution in [0.5, 0.6) is 0 Å². The molecule has 0 rings (SSSR count). The van der Waals surface area contributed by atoms with E-state index in [1.54, 1.807) is 0 Å². The molecule has 97 heavy (non-hydrogen) atoms. The number of phosphoric ester groups is 1. The van der Waals surface area contributed by atoms with Crippen molar-refractivity contribution < 1.29 is 42.1 Å². The van der Waals surface area contributed by atoms with E-state index in [0.717, 1.165) is 44.9 Å². The molecule has 0 aromatic heterocycles. The molecule has 2 unspecified atom stereocenters. The molecule has 0 radical (unpaired) electrons. The maximum Gasteiger partial charge on any atom is 0.472 e. The molecule has 0 heterocycles. The van der Waals surface area contributed by atoms with Gasteiger partial charge in [-0.2, -0.15) is 0 Å². The Balaban J connectivity index is 3.86. The Morgan fingerprint density at radius 2 is 0.557 bits per heavy atom. The molecular formula is C87H169NO8P+. The topological polar surface area (TPSA) is 108 Å². The van der Waals surface area contributed by atoms with Gasteiger partial charge in [0.25, 0.3) is 0 Å². The van der Waals surface area contributed by atoms with E-state index in [9.17, 15) is 19.0 Å². The van der Waals surface area contributed by atoms with Crippen molar-refractivity contribution in [2.45, 2.75) is 463 Å². The van der Waals surface area contributed by atoms with Crippen molar-refractivity contribution >= 4 is 19.8 Å². The lowest BCUT2D eigenvalue weighted by molar-refractivity contribution is -0.870. The number of allylic oxidation sites excluding steroid dienone is 6. The zero-order valence-electron chi connectivity index (χ0n) is 65.9. The Kier molecular flexibility index (Phi) is 76.9. The van der Waals surface area contributed by atoms with Gasteiger partial charge in [-0.25, -0.2) is 4.57 Å². The smallest absolute Gasteiger partial charge is 0.462 e. The normalized spacial score (nSPS) is 13.1. The molecule has 0 aromatic carbocycles. The molecule has 0 aromatic rings. The van der Waals surface area contributed by atoms with Gasteiger partial charge in [0.1, 0.15) is 19.8 Å². The first-order valence-electron chi connectivity index (χ1n) is 43.2. The summed E-state index contributed by atoms with van der Waals surface area (Å²) in [5.41, 5.74) is 0. The number of ether oxygens (including phenoxy) is 2. The van der Waals surface area contributed by atoms with E-state index in [-0.39, 0.29) is 25.6 Å². The van der Waals surface area contributed by atoms with Crippen LogP contribution >= 0.6 is 7.82 Å². The van der Waals surface area contributed by atoms with Gasteiger partial charge >= 0.3 is 19.8 Å². The summed E-state index contributed by atoms with van der Waals surface area (Å²) in [4.78, 5) is 36.0. The fourth-order valence-electron chi connectivity index (χ4n) is 13.3. The van der Waals surface area contributed by atoms with Gasteiger partial charge in [0.2, 0.25) is 0 Å². The van der Waals surface area contributed by atoms with Gasteiger partial charge in [-0.05, 0) is 51.4 Å². The monoisotopic (exact) mass is 1390 g/mol. The van der Waals surface area contributed by atoms with Crippen LogP contribution in [0.2, 0.25) is 0 Å². The molecule has 9 nitrogen and oxygen atoms in total. The van der Waals surface area contributed by atoms with Crippen LogP contribution in [-0.2, 0) is 32.7 Å². The summed E-state index contributed by atoms with van der Waals surface area (Å²) < 4.78 is 34.9. The summed E-state index contributed by atoms with van der Waals surface area (Å²) in [6, 6.07) is 0. The number of carbonyl (C=O) groups excluding carboxylic acids is 2. The van der Waals surface area contributed by atoms with Gasteiger partial charge in [-0.1, -0.05) is 429 Å². The van der Waals surface area contributed by atoms with Gasteiger partial charge in [0.15, 0.2) is 6.10 Å². The summed E-state index contributed by atoms with van der Waals surface area (Å²) in [5.74, 6) is -0.768. The van der Waals surface area contributed by atoms with Crippen LogP contribution in [0, 0.1) is 0 Å². The molecule has 0 saturated carbocycles. The molecule has 2 atom stereocenters. The van der Waals surface area contributed by atoms with Crippen molar-refractivity contribution in [1.82, 2.24) is 0 Å². The number of unbranched alkanes of at least 4 members (excludes halogenated alkanes) is 62. The number of carbonyl (C=O) groups is 2. The second kappa shape index (κ2) is 78.4. The van der Waals surface area contributed by atoms with Crippen molar-refractivity contribution in [3.63, 3.8) is 0 Å². The number of nitrogens with zero attached hydrogens (tertiary/aromatic N) is 1. The molecule has 0 spiro atoms. The minimum atomic E-state index is -4.39. The fourth-order valence-corrected chi connectivity index (χ4v) is 14.1. The summed E-state index contributed by atoms with van der Waals surface area (Å²) in [6.07, 6.45) is 103.